The number of hydrogen-bond acceptors (Lipinski definition) is 2. The molecule has 4 rings (SSSR count). The maximum atomic E-state index is 3.84. The first-order chi connectivity index (χ1) is 10.3. The fourth-order valence-electron chi connectivity index (χ4n) is 4.32. The van der Waals surface area contributed by atoms with E-state index in [2.05, 4.69) is 34.5 Å². The van der Waals surface area contributed by atoms with Crippen molar-refractivity contribution in [2.45, 2.75) is 57.4 Å². The summed E-state index contributed by atoms with van der Waals surface area (Å²) in [6, 6.07) is 9.87. The molecule has 0 aromatic heterocycles. The Morgan fingerprint density at radius 2 is 1.90 bits per heavy atom. The Morgan fingerprint density at radius 3 is 2.71 bits per heavy atom. The molecule has 0 bridgehead atoms. The van der Waals surface area contributed by atoms with Gasteiger partial charge in [-0.15, -0.1) is 0 Å². The molecule has 2 saturated carbocycles. The molecule has 0 unspecified atom stereocenters. The summed E-state index contributed by atoms with van der Waals surface area (Å²) >= 11 is 0. The molecular weight excluding hydrogens is 256 g/mol. The van der Waals surface area contributed by atoms with Crippen LogP contribution in [0.1, 0.15) is 50.5 Å². The highest BCUT2D eigenvalue weighted by atomic mass is 15.2. The van der Waals surface area contributed by atoms with Crippen LogP contribution in [0.5, 0.6) is 0 Å². The van der Waals surface area contributed by atoms with Gasteiger partial charge in [-0.05, 0) is 43.7 Å². The fraction of sp³-hybridized carbons (Fsp3) is 0.684. The highest BCUT2D eigenvalue weighted by Gasteiger charge is 2.36. The van der Waals surface area contributed by atoms with Gasteiger partial charge in [-0.3, -0.25) is 0 Å². The Balaban J connectivity index is 1.48. The molecule has 0 amide bonds. The molecule has 2 nitrogen and oxygen atoms in total. The number of hydrogen-bond donors (Lipinski definition) is 1. The first kappa shape index (κ1) is 13.6. The van der Waals surface area contributed by atoms with E-state index < -0.39 is 0 Å². The van der Waals surface area contributed by atoms with E-state index in [1.165, 1.54) is 76.7 Å². The van der Waals surface area contributed by atoms with Crippen molar-refractivity contribution in [2.75, 3.05) is 24.5 Å². The van der Waals surface area contributed by atoms with Gasteiger partial charge in [0.1, 0.15) is 0 Å². The second-order valence-corrected chi connectivity index (χ2v) is 7.52. The van der Waals surface area contributed by atoms with E-state index >= 15 is 0 Å². The third-order valence-electron chi connectivity index (χ3n) is 5.77. The van der Waals surface area contributed by atoms with Crippen molar-refractivity contribution in [3.05, 3.63) is 29.8 Å². The summed E-state index contributed by atoms with van der Waals surface area (Å²) in [5.74, 6) is 0. The van der Waals surface area contributed by atoms with E-state index in [0.717, 1.165) is 6.04 Å². The van der Waals surface area contributed by atoms with Gasteiger partial charge in [0.2, 0.25) is 0 Å². The number of nitrogens with zero attached hydrogens (tertiary/aromatic N) is 1. The first-order valence-corrected chi connectivity index (χ1v) is 8.91. The van der Waals surface area contributed by atoms with Crippen molar-refractivity contribution in [1.82, 2.24) is 5.32 Å². The molecule has 1 N–H and O–H groups in total. The van der Waals surface area contributed by atoms with Crippen molar-refractivity contribution in [1.29, 1.82) is 0 Å². The number of anilines is 1. The summed E-state index contributed by atoms with van der Waals surface area (Å²) in [6.07, 6.45) is 11.2. The van der Waals surface area contributed by atoms with Gasteiger partial charge in [-0.25, -0.2) is 0 Å². The Kier molecular flexibility index (Phi) is 3.66. The Bertz CT molecular complexity index is 486. The number of para-hydroxylation sites is 1. The van der Waals surface area contributed by atoms with Gasteiger partial charge in [0.25, 0.3) is 0 Å². The lowest BCUT2D eigenvalue weighted by molar-refractivity contribution is 0.187. The van der Waals surface area contributed by atoms with Crippen molar-refractivity contribution in [3.8, 4) is 0 Å². The third kappa shape index (κ3) is 2.96. The maximum Gasteiger partial charge on any atom is 0.0399 e. The summed E-state index contributed by atoms with van der Waals surface area (Å²) in [7, 11) is 0. The van der Waals surface area contributed by atoms with Gasteiger partial charge < -0.3 is 10.2 Å². The van der Waals surface area contributed by atoms with Crippen LogP contribution in [-0.2, 0) is 6.42 Å². The number of fused-ring (bicyclic) bond motifs is 1. The van der Waals surface area contributed by atoms with Crippen molar-refractivity contribution in [3.63, 3.8) is 0 Å². The number of benzene rings is 1. The molecule has 1 heterocycles. The highest BCUT2D eigenvalue weighted by molar-refractivity contribution is 5.58. The van der Waals surface area contributed by atoms with E-state index in [4.69, 9.17) is 0 Å². The number of nitrogens with one attached hydrogen (secondary N) is 1. The molecule has 21 heavy (non-hydrogen) atoms. The lowest BCUT2D eigenvalue weighted by atomic mass is 9.73. The van der Waals surface area contributed by atoms with Crippen LogP contribution in [0.3, 0.4) is 0 Å². The van der Waals surface area contributed by atoms with Crippen molar-refractivity contribution >= 4 is 5.69 Å². The van der Waals surface area contributed by atoms with Crippen LogP contribution >= 0.6 is 0 Å². The predicted molar refractivity (Wildman–Crippen MR) is 88.9 cm³/mol. The van der Waals surface area contributed by atoms with Gasteiger partial charge in [-0.1, -0.05) is 37.5 Å². The Hall–Kier alpha value is -1.02. The summed E-state index contributed by atoms with van der Waals surface area (Å²) in [5, 5.41) is 3.84. The van der Waals surface area contributed by atoms with E-state index in [0.29, 0.717) is 5.41 Å². The maximum absolute atomic E-state index is 3.84. The average Bonchev–Trinajstić information content (AvgIpc) is 3.28. The zero-order chi connectivity index (χ0) is 14.1. The van der Waals surface area contributed by atoms with E-state index in [-0.39, 0.29) is 0 Å². The molecule has 2 aliphatic carbocycles. The molecule has 3 aliphatic rings. The summed E-state index contributed by atoms with van der Waals surface area (Å²) in [6.45, 7) is 3.74. The molecule has 0 radical (unpaired) electrons. The van der Waals surface area contributed by atoms with Gasteiger partial charge in [0.05, 0.1) is 0 Å². The topological polar surface area (TPSA) is 15.3 Å². The molecule has 114 valence electrons. The fourth-order valence-corrected chi connectivity index (χ4v) is 4.32. The van der Waals surface area contributed by atoms with Gasteiger partial charge in [0, 0.05) is 36.8 Å². The predicted octanol–water partition coefficient (Wildman–Crippen LogP) is 3.75. The van der Waals surface area contributed by atoms with Crippen LogP contribution in [0.25, 0.3) is 0 Å². The standard InChI is InChI=1S/C19H28N2/c1-4-11-19(12-5-1,14-20-17-8-9-17)15-21-13-10-16-6-2-3-7-18(16)21/h2-3,6-7,17,20H,1,4-5,8-15H2. The summed E-state index contributed by atoms with van der Waals surface area (Å²) < 4.78 is 0. The summed E-state index contributed by atoms with van der Waals surface area (Å²) in [5.41, 5.74) is 3.59. The zero-order valence-electron chi connectivity index (χ0n) is 13.1. The SMILES string of the molecule is c1ccc2c(c1)CCN2CC1(CNC2CC2)CCCCC1. The van der Waals surface area contributed by atoms with Gasteiger partial charge >= 0.3 is 0 Å². The van der Waals surface area contributed by atoms with Crippen molar-refractivity contribution in [2.24, 2.45) is 5.41 Å². The van der Waals surface area contributed by atoms with Gasteiger partial charge in [-0.2, -0.15) is 0 Å². The smallest absolute Gasteiger partial charge is 0.0399 e. The second-order valence-electron chi connectivity index (χ2n) is 7.52. The molecule has 1 aromatic carbocycles. The average molecular weight is 284 g/mol. The molecule has 0 atom stereocenters. The first-order valence-electron chi connectivity index (χ1n) is 8.91. The molecule has 1 aliphatic heterocycles. The monoisotopic (exact) mass is 284 g/mol. The Morgan fingerprint density at radius 1 is 1.10 bits per heavy atom. The lowest BCUT2D eigenvalue weighted by Crippen LogP contribution is -2.45. The van der Waals surface area contributed by atoms with E-state index in [1.54, 1.807) is 5.56 Å². The van der Waals surface area contributed by atoms with Crippen LogP contribution in [0.4, 0.5) is 5.69 Å². The molecular formula is C19H28N2. The Labute approximate surface area is 128 Å². The van der Waals surface area contributed by atoms with E-state index in [9.17, 15) is 0 Å². The molecule has 2 fully saturated rings. The molecule has 2 heteroatoms. The highest BCUT2D eigenvalue weighted by Crippen LogP contribution is 2.40. The van der Waals surface area contributed by atoms with Crippen LogP contribution in [0.15, 0.2) is 24.3 Å². The minimum atomic E-state index is 0.526. The quantitative estimate of drug-likeness (QED) is 0.886. The van der Waals surface area contributed by atoms with Crippen LogP contribution in [-0.4, -0.2) is 25.7 Å². The van der Waals surface area contributed by atoms with Crippen molar-refractivity contribution < 1.29 is 0 Å². The zero-order valence-corrected chi connectivity index (χ0v) is 13.1. The lowest BCUT2D eigenvalue weighted by Gasteiger charge is -2.41. The van der Waals surface area contributed by atoms with Crippen LogP contribution < -0.4 is 10.2 Å². The molecule has 0 spiro atoms. The largest absolute Gasteiger partial charge is 0.370 e. The molecule has 1 aromatic rings. The van der Waals surface area contributed by atoms with Crippen LogP contribution in [0, 0.1) is 5.41 Å². The van der Waals surface area contributed by atoms with Crippen LogP contribution in [0.2, 0.25) is 0 Å². The molecule has 0 saturated heterocycles. The second kappa shape index (κ2) is 5.64. The third-order valence-corrected chi connectivity index (χ3v) is 5.77. The number of rotatable bonds is 5. The normalized spacial score (nSPS) is 24.1. The van der Waals surface area contributed by atoms with E-state index in [1.807, 2.05) is 0 Å². The summed E-state index contributed by atoms with van der Waals surface area (Å²) in [4.78, 5) is 2.68. The van der Waals surface area contributed by atoms with Gasteiger partial charge in [0.15, 0.2) is 0 Å². The minimum absolute atomic E-state index is 0.526. The minimum Gasteiger partial charge on any atom is -0.370 e.